The van der Waals surface area contributed by atoms with Crippen molar-refractivity contribution in [1.29, 1.82) is 0 Å². The van der Waals surface area contributed by atoms with Gasteiger partial charge in [-0.15, -0.1) is 0 Å². The Labute approximate surface area is 120 Å². The van der Waals surface area contributed by atoms with E-state index in [-0.39, 0.29) is 0 Å². The molecule has 0 saturated heterocycles. The molecule has 108 valence electrons. The zero-order valence-electron chi connectivity index (χ0n) is 11.1. The molecule has 1 aromatic carbocycles. The van der Waals surface area contributed by atoms with Gasteiger partial charge in [0, 0.05) is 18.0 Å². The number of aromatic nitrogens is 3. The van der Waals surface area contributed by atoms with Crippen LogP contribution in [0, 0.1) is 0 Å². The fourth-order valence-electron chi connectivity index (χ4n) is 2.03. The van der Waals surface area contributed by atoms with E-state index in [1.807, 2.05) is 0 Å². The lowest BCUT2D eigenvalue weighted by Crippen LogP contribution is -2.09. The average molecular weight is 304 g/mol. The Bertz CT molecular complexity index is 904. The quantitative estimate of drug-likeness (QED) is 0.718. The van der Waals surface area contributed by atoms with Gasteiger partial charge in [0.2, 0.25) is 10.0 Å². The third kappa shape index (κ3) is 2.65. The topological polar surface area (TPSA) is 97.1 Å². The monoisotopic (exact) mass is 304 g/mol. The molecule has 0 radical (unpaired) electrons. The second kappa shape index (κ2) is 4.74. The third-order valence-electron chi connectivity index (χ3n) is 2.85. The highest BCUT2D eigenvalue weighted by molar-refractivity contribution is 7.92. The van der Waals surface area contributed by atoms with Gasteiger partial charge in [-0.05, 0) is 30.3 Å². The van der Waals surface area contributed by atoms with E-state index in [0.29, 0.717) is 28.1 Å². The van der Waals surface area contributed by atoms with E-state index in [4.69, 9.17) is 0 Å². The number of hydrogen-bond acceptors (Lipinski definition) is 5. The van der Waals surface area contributed by atoms with E-state index in [0.717, 1.165) is 11.0 Å². The van der Waals surface area contributed by atoms with Crippen molar-refractivity contribution in [3.63, 3.8) is 0 Å². The van der Waals surface area contributed by atoms with Crippen LogP contribution in [-0.2, 0) is 10.0 Å². The van der Waals surface area contributed by atoms with E-state index in [1.54, 1.807) is 42.7 Å². The lowest BCUT2D eigenvalue weighted by Gasteiger charge is -2.03. The molecule has 21 heavy (non-hydrogen) atoms. The predicted octanol–water partition coefficient (Wildman–Crippen LogP) is 1.71. The van der Waals surface area contributed by atoms with E-state index in [1.165, 1.54) is 0 Å². The van der Waals surface area contributed by atoms with Crippen molar-refractivity contribution in [1.82, 2.24) is 14.7 Å². The largest absolute Gasteiger partial charge is 0.426 e. The summed E-state index contributed by atoms with van der Waals surface area (Å²) in [6, 6.07) is 8.23. The molecule has 2 aromatic heterocycles. The summed E-state index contributed by atoms with van der Waals surface area (Å²) < 4.78 is 25.8. The molecule has 2 heterocycles. The fourth-order valence-corrected chi connectivity index (χ4v) is 2.58. The van der Waals surface area contributed by atoms with Crippen LogP contribution in [0.3, 0.4) is 0 Å². The minimum atomic E-state index is -3.36. The summed E-state index contributed by atoms with van der Waals surface area (Å²) in [4.78, 5) is 8.29. The van der Waals surface area contributed by atoms with Crippen molar-refractivity contribution in [3.8, 4) is 11.4 Å². The van der Waals surface area contributed by atoms with Crippen molar-refractivity contribution in [2.75, 3.05) is 11.0 Å². The molecule has 7 nitrogen and oxygen atoms in total. The highest BCUT2D eigenvalue weighted by Gasteiger charge is 2.13. The SMILES string of the molecule is CS(=O)(=O)Nc1ccc2c(c1)nc(-c1cccnc1)n2O. The number of sulfonamides is 1. The lowest BCUT2D eigenvalue weighted by atomic mass is 10.3. The van der Waals surface area contributed by atoms with Gasteiger partial charge in [-0.2, -0.15) is 4.73 Å². The highest BCUT2D eigenvalue weighted by Crippen LogP contribution is 2.25. The normalized spacial score (nSPS) is 11.7. The van der Waals surface area contributed by atoms with Crippen molar-refractivity contribution in [2.24, 2.45) is 0 Å². The predicted molar refractivity (Wildman–Crippen MR) is 78.6 cm³/mol. The molecular formula is C13H12N4O3S. The van der Waals surface area contributed by atoms with Crippen molar-refractivity contribution < 1.29 is 13.6 Å². The molecule has 0 aliphatic carbocycles. The van der Waals surface area contributed by atoms with Gasteiger partial charge >= 0.3 is 0 Å². The first-order chi connectivity index (χ1) is 9.94. The zero-order valence-corrected chi connectivity index (χ0v) is 11.9. The molecule has 0 atom stereocenters. The average Bonchev–Trinajstić information content (AvgIpc) is 2.75. The highest BCUT2D eigenvalue weighted by atomic mass is 32.2. The minimum absolute atomic E-state index is 0.342. The number of benzene rings is 1. The molecule has 0 aliphatic rings. The third-order valence-corrected chi connectivity index (χ3v) is 3.46. The molecule has 8 heteroatoms. The first-order valence-electron chi connectivity index (χ1n) is 6.04. The van der Waals surface area contributed by atoms with Gasteiger partial charge in [0.05, 0.1) is 17.5 Å². The Morgan fingerprint density at radius 1 is 1.29 bits per heavy atom. The van der Waals surface area contributed by atoms with Gasteiger partial charge in [0.25, 0.3) is 0 Å². The number of anilines is 1. The van der Waals surface area contributed by atoms with E-state index in [9.17, 15) is 13.6 Å². The molecule has 0 saturated carbocycles. The van der Waals surface area contributed by atoms with Crippen molar-refractivity contribution in [3.05, 3.63) is 42.7 Å². The van der Waals surface area contributed by atoms with Crippen LogP contribution in [0.1, 0.15) is 0 Å². The zero-order chi connectivity index (χ0) is 15.0. The van der Waals surface area contributed by atoms with Gasteiger partial charge in [0.1, 0.15) is 5.52 Å². The van der Waals surface area contributed by atoms with Gasteiger partial charge in [-0.1, -0.05) is 0 Å². The summed E-state index contributed by atoms with van der Waals surface area (Å²) in [6.45, 7) is 0. The Balaban J connectivity index is 2.12. The maximum absolute atomic E-state index is 11.2. The van der Waals surface area contributed by atoms with Crippen LogP contribution < -0.4 is 4.72 Å². The number of fused-ring (bicyclic) bond motifs is 1. The van der Waals surface area contributed by atoms with E-state index < -0.39 is 10.0 Å². The standard InChI is InChI=1S/C13H12N4O3S/c1-21(19,20)16-10-4-5-12-11(7-10)15-13(17(12)18)9-3-2-6-14-8-9/h2-8,16,18H,1H3. The molecular weight excluding hydrogens is 292 g/mol. The summed E-state index contributed by atoms with van der Waals surface area (Å²) in [5, 5.41) is 10.2. The summed E-state index contributed by atoms with van der Waals surface area (Å²) in [7, 11) is -3.36. The van der Waals surface area contributed by atoms with Crippen LogP contribution in [-0.4, -0.2) is 34.6 Å². The Morgan fingerprint density at radius 2 is 2.10 bits per heavy atom. The second-order valence-electron chi connectivity index (χ2n) is 4.57. The number of nitrogens with zero attached hydrogens (tertiary/aromatic N) is 3. The number of nitrogens with one attached hydrogen (secondary N) is 1. The van der Waals surface area contributed by atoms with Crippen molar-refractivity contribution >= 4 is 26.7 Å². The molecule has 2 N–H and O–H groups in total. The van der Waals surface area contributed by atoms with Crippen molar-refractivity contribution in [2.45, 2.75) is 0 Å². The van der Waals surface area contributed by atoms with Crippen LogP contribution >= 0.6 is 0 Å². The molecule has 3 aromatic rings. The second-order valence-corrected chi connectivity index (χ2v) is 6.32. The maximum Gasteiger partial charge on any atom is 0.229 e. The van der Waals surface area contributed by atoms with Gasteiger partial charge < -0.3 is 5.21 Å². The number of hydrogen-bond donors (Lipinski definition) is 2. The molecule has 0 bridgehead atoms. The summed E-state index contributed by atoms with van der Waals surface area (Å²) >= 11 is 0. The fraction of sp³-hybridized carbons (Fsp3) is 0.0769. The van der Waals surface area contributed by atoms with E-state index >= 15 is 0 Å². The van der Waals surface area contributed by atoms with Gasteiger partial charge in [0.15, 0.2) is 5.82 Å². The Hall–Kier alpha value is -2.61. The Morgan fingerprint density at radius 3 is 2.76 bits per heavy atom. The molecule has 0 unspecified atom stereocenters. The summed E-state index contributed by atoms with van der Waals surface area (Å²) in [5.41, 5.74) is 2.01. The first-order valence-corrected chi connectivity index (χ1v) is 7.93. The molecule has 0 aliphatic heterocycles. The molecule has 0 amide bonds. The summed E-state index contributed by atoms with van der Waals surface area (Å²) in [6.07, 6.45) is 4.29. The van der Waals surface area contributed by atoms with E-state index in [2.05, 4.69) is 14.7 Å². The Kier molecular flexibility index (Phi) is 3.02. The smallest absolute Gasteiger partial charge is 0.229 e. The molecule has 0 spiro atoms. The molecule has 0 fully saturated rings. The first kappa shape index (κ1) is 13.4. The number of pyridine rings is 1. The van der Waals surface area contributed by atoms with Gasteiger partial charge in [-0.3, -0.25) is 9.71 Å². The van der Waals surface area contributed by atoms with Crippen LogP contribution in [0.15, 0.2) is 42.7 Å². The molecule has 3 rings (SSSR count). The maximum atomic E-state index is 11.2. The minimum Gasteiger partial charge on any atom is -0.426 e. The number of rotatable bonds is 3. The summed E-state index contributed by atoms with van der Waals surface area (Å²) in [5.74, 6) is 0.342. The van der Waals surface area contributed by atoms with Crippen LogP contribution in [0.5, 0.6) is 0 Å². The van der Waals surface area contributed by atoms with Crippen LogP contribution in [0.25, 0.3) is 22.4 Å². The van der Waals surface area contributed by atoms with Crippen LogP contribution in [0.2, 0.25) is 0 Å². The number of imidazole rings is 1. The van der Waals surface area contributed by atoms with Gasteiger partial charge in [-0.25, -0.2) is 13.4 Å². The lowest BCUT2D eigenvalue weighted by molar-refractivity contribution is 0.203. The van der Waals surface area contributed by atoms with Crippen LogP contribution in [0.4, 0.5) is 5.69 Å².